The Morgan fingerprint density at radius 2 is 1.68 bits per heavy atom. The zero-order valence-electron chi connectivity index (χ0n) is 18.1. The maximum Gasteiger partial charge on any atom is 0.338 e. The van der Waals surface area contributed by atoms with Gasteiger partial charge < -0.3 is 14.2 Å². The second kappa shape index (κ2) is 8.83. The number of fused-ring (bicyclic) bond motifs is 2. The molecule has 5 rings (SSSR count). The summed E-state index contributed by atoms with van der Waals surface area (Å²) in [5, 5.41) is 0. The summed E-state index contributed by atoms with van der Waals surface area (Å²) in [5.41, 5.74) is 1.96. The third-order valence-electron chi connectivity index (χ3n) is 5.70. The lowest BCUT2D eigenvalue weighted by Gasteiger charge is -2.20. The van der Waals surface area contributed by atoms with Crippen LogP contribution < -0.4 is 13.8 Å². The van der Waals surface area contributed by atoms with Crippen LogP contribution in [-0.4, -0.2) is 46.5 Å². The van der Waals surface area contributed by atoms with E-state index in [0.717, 1.165) is 5.56 Å². The highest BCUT2D eigenvalue weighted by atomic mass is 32.2. The van der Waals surface area contributed by atoms with Crippen LogP contribution in [0.2, 0.25) is 0 Å². The Kier molecular flexibility index (Phi) is 5.70. The predicted molar refractivity (Wildman–Crippen MR) is 123 cm³/mol. The van der Waals surface area contributed by atoms with Gasteiger partial charge in [-0.2, -0.15) is 0 Å². The van der Waals surface area contributed by atoms with E-state index in [2.05, 4.69) is 0 Å². The molecular formula is C25H21NO7S. The highest BCUT2D eigenvalue weighted by Crippen LogP contribution is 2.33. The Morgan fingerprint density at radius 1 is 0.882 bits per heavy atom. The van der Waals surface area contributed by atoms with Crippen molar-refractivity contribution in [2.75, 3.05) is 30.7 Å². The SMILES string of the molecule is O=C(COC(=O)c1cccc(S(=O)(=O)N2CCc3ccccc32)c1)c1ccc2c(c1)OCCO2. The van der Waals surface area contributed by atoms with Crippen LogP contribution >= 0.6 is 0 Å². The number of hydrogen-bond acceptors (Lipinski definition) is 7. The van der Waals surface area contributed by atoms with E-state index in [1.54, 1.807) is 30.3 Å². The number of sulfonamides is 1. The molecule has 2 aliphatic heterocycles. The fraction of sp³-hybridized carbons (Fsp3) is 0.200. The van der Waals surface area contributed by atoms with Crippen molar-refractivity contribution >= 4 is 27.5 Å². The van der Waals surface area contributed by atoms with Crippen LogP contribution in [0.5, 0.6) is 11.5 Å². The second-order valence-corrected chi connectivity index (χ2v) is 9.70. The van der Waals surface area contributed by atoms with Gasteiger partial charge in [-0.1, -0.05) is 24.3 Å². The number of benzene rings is 3. The number of esters is 1. The van der Waals surface area contributed by atoms with E-state index < -0.39 is 28.4 Å². The van der Waals surface area contributed by atoms with Crippen molar-refractivity contribution in [2.24, 2.45) is 0 Å². The molecule has 3 aromatic rings. The Balaban J connectivity index is 1.29. The van der Waals surface area contributed by atoms with Crippen LogP contribution in [0.15, 0.2) is 71.6 Å². The molecule has 0 aliphatic carbocycles. The lowest BCUT2D eigenvalue weighted by Crippen LogP contribution is -2.29. The third-order valence-corrected chi connectivity index (χ3v) is 7.51. The molecule has 174 valence electrons. The van der Waals surface area contributed by atoms with Crippen LogP contribution in [0.1, 0.15) is 26.3 Å². The zero-order chi connectivity index (χ0) is 23.7. The highest BCUT2D eigenvalue weighted by molar-refractivity contribution is 7.92. The van der Waals surface area contributed by atoms with Crippen molar-refractivity contribution in [1.82, 2.24) is 0 Å². The normalized spacial score (nSPS) is 14.4. The molecule has 34 heavy (non-hydrogen) atoms. The fourth-order valence-corrected chi connectivity index (χ4v) is 5.53. The molecule has 0 saturated carbocycles. The van der Waals surface area contributed by atoms with Crippen LogP contribution in [0.25, 0.3) is 0 Å². The van der Waals surface area contributed by atoms with Crippen molar-refractivity contribution in [1.29, 1.82) is 0 Å². The van der Waals surface area contributed by atoms with Gasteiger partial charge in [0.2, 0.25) is 0 Å². The van der Waals surface area contributed by atoms with Gasteiger partial charge in [0, 0.05) is 12.1 Å². The standard InChI is InChI=1S/C25H21NO7S/c27-22(18-8-9-23-24(15-18)32-13-12-31-23)16-33-25(28)19-5-3-6-20(14-19)34(29,30)26-11-10-17-4-1-2-7-21(17)26/h1-9,14-15H,10-13,16H2. The Morgan fingerprint density at radius 3 is 2.53 bits per heavy atom. The van der Waals surface area contributed by atoms with Gasteiger partial charge >= 0.3 is 5.97 Å². The van der Waals surface area contributed by atoms with Gasteiger partial charge in [-0.25, -0.2) is 13.2 Å². The van der Waals surface area contributed by atoms with Gasteiger partial charge in [0.1, 0.15) is 13.2 Å². The molecule has 0 unspecified atom stereocenters. The first kappa shape index (κ1) is 22.0. The summed E-state index contributed by atoms with van der Waals surface area (Å²) in [6.07, 6.45) is 0.624. The molecule has 9 heteroatoms. The molecule has 8 nitrogen and oxygen atoms in total. The van der Waals surface area contributed by atoms with E-state index in [1.165, 1.54) is 28.6 Å². The minimum Gasteiger partial charge on any atom is -0.486 e. The van der Waals surface area contributed by atoms with E-state index in [9.17, 15) is 18.0 Å². The van der Waals surface area contributed by atoms with Crippen molar-refractivity contribution in [3.05, 3.63) is 83.4 Å². The van der Waals surface area contributed by atoms with Crippen molar-refractivity contribution in [2.45, 2.75) is 11.3 Å². The number of hydrogen-bond donors (Lipinski definition) is 0. The molecule has 3 aromatic carbocycles. The Bertz CT molecular complexity index is 1380. The summed E-state index contributed by atoms with van der Waals surface area (Å²) in [6, 6.07) is 17.7. The molecule has 2 heterocycles. The lowest BCUT2D eigenvalue weighted by atomic mass is 10.1. The average molecular weight is 480 g/mol. The summed E-state index contributed by atoms with van der Waals surface area (Å²) in [6.45, 7) is 0.675. The molecule has 0 aromatic heterocycles. The number of carbonyl (C=O) groups excluding carboxylic acids is 2. The smallest absolute Gasteiger partial charge is 0.338 e. The van der Waals surface area contributed by atoms with Crippen LogP contribution in [0.4, 0.5) is 5.69 Å². The number of rotatable bonds is 6. The summed E-state index contributed by atoms with van der Waals surface area (Å²) in [4.78, 5) is 25.1. The van der Waals surface area contributed by atoms with E-state index in [0.29, 0.717) is 48.9 Å². The largest absolute Gasteiger partial charge is 0.486 e. The number of ether oxygens (including phenoxy) is 3. The quantitative estimate of drug-likeness (QED) is 0.395. The van der Waals surface area contributed by atoms with Gasteiger partial charge in [0.25, 0.3) is 10.0 Å². The topological polar surface area (TPSA) is 99.2 Å². The van der Waals surface area contributed by atoms with Crippen LogP contribution in [0, 0.1) is 0 Å². The molecule has 0 radical (unpaired) electrons. The third kappa shape index (κ3) is 4.10. The number of nitrogens with zero attached hydrogens (tertiary/aromatic N) is 1. The average Bonchev–Trinajstić information content (AvgIpc) is 3.32. The molecule has 0 fully saturated rings. The van der Waals surface area contributed by atoms with Gasteiger partial charge in [-0.3, -0.25) is 9.10 Å². The molecule has 0 saturated heterocycles. The molecule has 0 bridgehead atoms. The first-order chi connectivity index (χ1) is 16.4. The van der Waals surface area contributed by atoms with Gasteiger partial charge in [0.15, 0.2) is 23.9 Å². The van der Waals surface area contributed by atoms with E-state index in [-0.39, 0.29) is 10.5 Å². The molecule has 0 N–H and O–H groups in total. The van der Waals surface area contributed by atoms with Gasteiger partial charge in [0.05, 0.1) is 16.1 Å². The summed E-state index contributed by atoms with van der Waals surface area (Å²) >= 11 is 0. The highest BCUT2D eigenvalue weighted by Gasteiger charge is 2.31. The summed E-state index contributed by atoms with van der Waals surface area (Å²) in [7, 11) is -3.86. The number of para-hydroxylation sites is 1. The maximum atomic E-state index is 13.2. The Hall–Kier alpha value is -3.85. The number of anilines is 1. The minimum atomic E-state index is -3.86. The fourth-order valence-electron chi connectivity index (χ4n) is 3.98. The maximum absolute atomic E-state index is 13.2. The predicted octanol–water partition coefficient (Wildman–Crippen LogP) is 3.25. The van der Waals surface area contributed by atoms with Crippen molar-refractivity contribution in [3.63, 3.8) is 0 Å². The van der Waals surface area contributed by atoms with Crippen LogP contribution in [-0.2, 0) is 21.2 Å². The zero-order valence-corrected chi connectivity index (χ0v) is 18.9. The molecule has 2 aliphatic rings. The Labute approximate surface area is 196 Å². The van der Waals surface area contributed by atoms with E-state index in [1.807, 2.05) is 12.1 Å². The van der Waals surface area contributed by atoms with Crippen molar-refractivity contribution in [3.8, 4) is 11.5 Å². The molecule has 0 atom stereocenters. The van der Waals surface area contributed by atoms with E-state index >= 15 is 0 Å². The lowest BCUT2D eigenvalue weighted by molar-refractivity contribution is 0.0474. The first-order valence-corrected chi connectivity index (χ1v) is 12.2. The monoisotopic (exact) mass is 479 g/mol. The minimum absolute atomic E-state index is 0.0168. The molecule has 0 spiro atoms. The first-order valence-electron chi connectivity index (χ1n) is 10.7. The van der Waals surface area contributed by atoms with Gasteiger partial charge in [-0.15, -0.1) is 0 Å². The summed E-state index contributed by atoms with van der Waals surface area (Å²) < 4.78 is 43.9. The van der Waals surface area contributed by atoms with Crippen LogP contribution in [0.3, 0.4) is 0 Å². The van der Waals surface area contributed by atoms with Gasteiger partial charge in [-0.05, 0) is 54.4 Å². The summed E-state index contributed by atoms with van der Waals surface area (Å²) in [5.74, 6) is -0.184. The van der Waals surface area contributed by atoms with Crippen molar-refractivity contribution < 1.29 is 32.2 Å². The molecular weight excluding hydrogens is 458 g/mol. The number of carbonyl (C=O) groups is 2. The van der Waals surface area contributed by atoms with E-state index in [4.69, 9.17) is 14.2 Å². The second-order valence-electron chi connectivity index (χ2n) is 7.84. The number of Topliss-reactive ketones (excluding diaryl/α,β-unsaturated/α-hetero) is 1. The molecule has 0 amide bonds. The number of ketones is 1.